The van der Waals surface area contributed by atoms with Crippen molar-refractivity contribution < 1.29 is 0 Å². The summed E-state index contributed by atoms with van der Waals surface area (Å²) in [5.41, 5.74) is 0. The van der Waals surface area contributed by atoms with Crippen molar-refractivity contribution in [2.24, 2.45) is 7.05 Å². The predicted octanol–water partition coefficient (Wildman–Crippen LogP) is 0.0300. The van der Waals surface area contributed by atoms with Crippen LogP contribution in [0.15, 0.2) is 0 Å². The molecule has 6 nitrogen and oxygen atoms in total. The maximum atomic E-state index is 4.09. The first-order valence-corrected chi connectivity index (χ1v) is 5.73. The molecule has 0 saturated heterocycles. The first-order chi connectivity index (χ1) is 7.59. The molecule has 0 unspecified atom stereocenters. The minimum Gasteiger partial charge on any atom is -0.310 e. The molecule has 1 heterocycles. The van der Waals surface area contributed by atoms with Crippen LogP contribution in [0.4, 0.5) is 0 Å². The van der Waals surface area contributed by atoms with E-state index in [4.69, 9.17) is 0 Å². The van der Waals surface area contributed by atoms with Gasteiger partial charge in [0.15, 0.2) is 5.82 Å². The van der Waals surface area contributed by atoms with E-state index in [0.29, 0.717) is 12.6 Å². The summed E-state index contributed by atoms with van der Waals surface area (Å²) in [5.74, 6) is 0.750. The predicted molar refractivity (Wildman–Crippen MR) is 62.9 cm³/mol. The number of aryl methyl sites for hydroxylation is 1. The van der Waals surface area contributed by atoms with Crippen molar-refractivity contribution >= 4 is 0 Å². The zero-order valence-corrected chi connectivity index (χ0v) is 10.6. The number of aromatic nitrogens is 4. The third-order valence-corrected chi connectivity index (χ3v) is 2.58. The lowest BCUT2D eigenvalue weighted by Gasteiger charge is -2.20. The van der Waals surface area contributed by atoms with E-state index in [1.54, 1.807) is 7.05 Å². The first-order valence-electron chi connectivity index (χ1n) is 5.73. The number of hydrogen-bond donors (Lipinski definition) is 1. The maximum Gasteiger partial charge on any atom is 0.188 e. The van der Waals surface area contributed by atoms with Gasteiger partial charge in [-0.2, -0.15) is 4.80 Å². The molecule has 1 aromatic heterocycles. The van der Waals surface area contributed by atoms with Crippen molar-refractivity contribution in [3.63, 3.8) is 0 Å². The summed E-state index contributed by atoms with van der Waals surface area (Å²) in [6.07, 6.45) is 1.13. The monoisotopic (exact) mass is 226 g/mol. The van der Waals surface area contributed by atoms with E-state index in [1.807, 2.05) is 0 Å². The highest BCUT2D eigenvalue weighted by atomic mass is 15.6. The fourth-order valence-electron chi connectivity index (χ4n) is 1.31. The minimum atomic E-state index is 0.613. The fourth-order valence-corrected chi connectivity index (χ4v) is 1.31. The van der Waals surface area contributed by atoms with Crippen molar-refractivity contribution in [3.8, 4) is 0 Å². The average Bonchev–Trinajstić information content (AvgIpc) is 2.63. The van der Waals surface area contributed by atoms with Gasteiger partial charge < -0.3 is 10.2 Å². The van der Waals surface area contributed by atoms with Crippen LogP contribution in [-0.4, -0.2) is 51.3 Å². The van der Waals surface area contributed by atoms with Crippen LogP contribution in [0.5, 0.6) is 0 Å². The second-order valence-corrected chi connectivity index (χ2v) is 4.30. The van der Waals surface area contributed by atoms with Crippen molar-refractivity contribution in [3.05, 3.63) is 5.82 Å². The summed E-state index contributed by atoms with van der Waals surface area (Å²) >= 11 is 0. The Morgan fingerprint density at radius 2 is 2.19 bits per heavy atom. The second-order valence-electron chi connectivity index (χ2n) is 4.30. The van der Waals surface area contributed by atoms with Gasteiger partial charge in [0.05, 0.1) is 13.6 Å². The van der Waals surface area contributed by atoms with Crippen LogP contribution >= 0.6 is 0 Å². The largest absolute Gasteiger partial charge is 0.310 e. The van der Waals surface area contributed by atoms with Gasteiger partial charge in [0.25, 0.3) is 0 Å². The van der Waals surface area contributed by atoms with Crippen LogP contribution in [0.2, 0.25) is 0 Å². The van der Waals surface area contributed by atoms with Gasteiger partial charge in [0.1, 0.15) is 0 Å². The molecule has 1 rings (SSSR count). The highest BCUT2D eigenvalue weighted by Gasteiger charge is 2.02. The van der Waals surface area contributed by atoms with Gasteiger partial charge in [0, 0.05) is 6.04 Å². The minimum absolute atomic E-state index is 0.613. The molecular formula is C10H22N6. The van der Waals surface area contributed by atoms with Crippen molar-refractivity contribution in [1.82, 2.24) is 30.4 Å². The molecule has 0 aliphatic heterocycles. The van der Waals surface area contributed by atoms with Gasteiger partial charge in [-0.3, -0.25) is 0 Å². The third-order valence-electron chi connectivity index (χ3n) is 2.58. The van der Waals surface area contributed by atoms with Gasteiger partial charge in [0.2, 0.25) is 0 Å². The second kappa shape index (κ2) is 6.55. The molecule has 0 bridgehead atoms. The van der Waals surface area contributed by atoms with Gasteiger partial charge in [-0.25, -0.2) is 0 Å². The standard InChI is InChI=1S/C10H22N6/c1-9(2)15(3)7-5-6-11-8-10-12-14-16(4)13-10/h9,11H,5-8H2,1-4H3. The average molecular weight is 226 g/mol. The van der Waals surface area contributed by atoms with Crippen molar-refractivity contribution in [2.75, 3.05) is 20.1 Å². The van der Waals surface area contributed by atoms with E-state index < -0.39 is 0 Å². The van der Waals surface area contributed by atoms with Crippen molar-refractivity contribution in [1.29, 1.82) is 0 Å². The first kappa shape index (κ1) is 13.1. The number of tetrazole rings is 1. The summed E-state index contributed by atoms with van der Waals surface area (Å²) < 4.78 is 0. The Bertz CT molecular complexity index is 295. The highest BCUT2D eigenvalue weighted by Crippen LogP contribution is 1.94. The lowest BCUT2D eigenvalue weighted by Crippen LogP contribution is -2.29. The molecule has 0 radical (unpaired) electrons. The van der Waals surface area contributed by atoms with E-state index >= 15 is 0 Å². The zero-order valence-electron chi connectivity index (χ0n) is 10.6. The SMILES string of the molecule is CC(C)N(C)CCCNCc1nnn(C)n1. The Morgan fingerprint density at radius 1 is 1.44 bits per heavy atom. The molecule has 0 aliphatic rings. The van der Waals surface area contributed by atoms with Gasteiger partial charge >= 0.3 is 0 Å². The fraction of sp³-hybridized carbons (Fsp3) is 0.900. The highest BCUT2D eigenvalue weighted by molar-refractivity contribution is 4.74. The van der Waals surface area contributed by atoms with E-state index in [2.05, 4.69) is 46.5 Å². The molecule has 0 amide bonds. The van der Waals surface area contributed by atoms with Crippen LogP contribution in [0.1, 0.15) is 26.1 Å². The van der Waals surface area contributed by atoms with Crippen LogP contribution in [0.25, 0.3) is 0 Å². The Balaban J connectivity index is 2.04. The van der Waals surface area contributed by atoms with Gasteiger partial charge in [-0.05, 0) is 45.6 Å². The summed E-state index contributed by atoms with van der Waals surface area (Å²) in [6, 6.07) is 0.613. The smallest absolute Gasteiger partial charge is 0.188 e. The number of nitrogens with zero attached hydrogens (tertiary/aromatic N) is 5. The molecule has 1 N–H and O–H groups in total. The Hall–Kier alpha value is -1.01. The lowest BCUT2D eigenvalue weighted by atomic mass is 10.3. The van der Waals surface area contributed by atoms with Crippen LogP contribution in [0, 0.1) is 0 Å². The Labute approximate surface area is 97.0 Å². The summed E-state index contributed by atoms with van der Waals surface area (Å²) in [5, 5.41) is 15.1. The summed E-state index contributed by atoms with van der Waals surface area (Å²) in [6.45, 7) is 7.20. The number of hydrogen-bond acceptors (Lipinski definition) is 5. The molecular weight excluding hydrogens is 204 g/mol. The molecule has 0 saturated carbocycles. The van der Waals surface area contributed by atoms with Crippen LogP contribution in [0.3, 0.4) is 0 Å². The van der Waals surface area contributed by atoms with E-state index in [-0.39, 0.29) is 0 Å². The summed E-state index contributed by atoms with van der Waals surface area (Å²) in [4.78, 5) is 3.81. The molecule has 0 atom stereocenters. The molecule has 92 valence electrons. The normalized spacial score (nSPS) is 11.6. The van der Waals surface area contributed by atoms with Crippen LogP contribution in [-0.2, 0) is 13.6 Å². The molecule has 0 fully saturated rings. The molecule has 16 heavy (non-hydrogen) atoms. The molecule has 0 aliphatic carbocycles. The van der Waals surface area contributed by atoms with Crippen LogP contribution < -0.4 is 5.32 Å². The molecule has 0 aromatic carbocycles. The van der Waals surface area contributed by atoms with E-state index in [0.717, 1.165) is 25.3 Å². The number of rotatable bonds is 7. The molecule has 0 spiro atoms. The van der Waals surface area contributed by atoms with E-state index in [9.17, 15) is 0 Å². The molecule has 1 aromatic rings. The lowest BCUT2D eigenvalue weighted by molar-refractivity contribution is 0.269. The third kappa shape index (κ3) is 4.67. The Kier molecular flexibility index (Phi) is 5.34. The quantitative estimate of drug-likeness (QED) is 0.665. The zero-order chi connectivity index (χ0) is 12.0. The van der Waals surface area contributed by atoms with Gasteiger partial charge in [-0.15, -0.1) is 10.2 Å². The number of nitrogens with one attached hydrogen (secondary N) is 1. The summed E-state index contributed by atoms with van der Waals surface area (Å²) in [7, 11) is 3.92. The topological polar surface area (TPSA) is 58.9 Å². The van der Waals surface area contributed by atoms with E-state index in [1.165, 1.54) is 4.80 Å². The van der Waals surface area contributed by atoms with Gasteiger partial charge in [-0.1, -0.05) is 0 Å². The molecule has 6 heteroatoms. The maximum absolute atomic E-state index is 4.09. The van der Waals surface area contributed by atoms with Crippen molar-refractivity contribution in [2.45, 2.75) is 32.9 Å². The Morgan fingerprint density at radius 3 is 2.75 bits per heavy atom.